The van der Waals surface area contributed by atoms with E-state index < -0.39 is 0 Å². The van der Waals surface area contributed by atoms with Crippen LogP contribution in [0.25, 0.3) is 0 Å². The average molecular weight is 476 g/mol. The van der Waals surface area contributed by atoms with Gasteiger partial charge >= 0.3 is 0 Å². The van der Waals surface area contributed by atoms with Crippen molar-refractivity contribution in [1.29, 1.82) is 0 Å². The fourth-order valence-corrected chi connectivity index (χ4v) is 5.49. The van der Waals surface area contributed by atoms with Crippen LogP contribution in [-0.2, 0) is 9.53 Å². The molecule has 1 saturated heterocycles. The molecule has 176 valence electrons. The molecule has 3 aromatic rings. The molecule has 1 aromatic carbocycles. The zero-order valence-electron chi connectivity index (χ0n) is 19.2. The average Bonchev–Trinajstić information content (AvgIpc) is 3.60. The molecule has 0 spiro atoms. The molecule has 2 N–H and O–H groups in total. The van der Waals surface area contributed by atoms with E-state index in [0.29, 0.717) is 11.2 Å². The Morgan fingerprint density at radius 3 is 2.65 bits per heavy atom. The quantitative estimate of drug-likeness (QED) is 0.480. The monoisotopic (exact) mass is 475 g/mol. The molecule has 2 aromatic heterocycles. The first kappa shape index (κ1) is 22.6. The Morgan fingerprint density at radius 2 is 1.94 bits per heavy atom. The van der Waals surface area contributed by atoms with Crippen molar-refractivity contribution in [2.24, 2.45) is 0 Å². The maximum Gasteiger partial charge on any atom is 0.250 e. The predicted octanol–water partition coefficient (Wildman–Crippen LogP) is 4.76. The van der Waals surface area contributed by atoms with Crippen LogP contribution >= 0.6 is 12.2 Å². The number of nitrogens with one attached hydrogen (secondary N) is 2. The molecule has 1 saturated carbocycles. The highest BCUT2D eigenvalue weighted by molar-refractivity contribution is 7.80. The third-order valence-electron chi connectivity index (χ3n) is 6.64. The number of carbonyl (C=O) groups excluding carboxylic acids is 1. The molecular formula is C26H29N5O2S. The van der Waals surface area contributed by atoms with Crippen molar-refractivity contribution in [2.45, 2.75) is 43.8 Å². The first-order valence-corrected chi connectivity index (χ1v) is 12.1. The van der Waals surface area contributed by atoms with Gasteiger partial charge in [0, 0.05) is 42.6 Å². The van der Waals surface area contributed by atoms with E-state index in [1.165, 1.54) is 38.5 Å². The second-order valence-corrected chi connectivity index (χ2v) is 9.19. The molecule has 0 unspecified atom stereocenters. The number of nitrogens with zero attached hydrogens (tertiary/aromatic N) is 3. The van der Waals surface area contributed by atoms with E-state index in [1.54, 1.807) is 0 Å². The molecule has 0 bridgehead atoms. The summed E-state index contributed by atoms with van der Waals surface area (Å²) in [5.74, 6) is -0.184. The van der Waals surface area contributed by atoms with Crippen LogP contribution in [0.5, 0.6) is 0 Å². The summed E-state index contributed by atoms with van der Waals surface area (Å²) < 4.78 is 7.34. The van der Waals surface area contributed by atoms with Crippen LogP contribution in [0.2, 0.25) is 0 Å². The first-order chi connectivity index (χ1) is 16.7. The van der Waals surface area contributed by atoms with Gasteiger partial charge in [-0.2, -0.15) is 0 Å². The number of rotatable bonds is 7. The fraction of sp³-hybridized carbons (Fsp3) is 0.346. The zero-order valence-corrected chi connectivity index (χ0v) is 20.0. The Labute approximate surface area is 205 Å². The molecule has 3 heterocycles. The number of ether oxygens (including phenoxy) is 1. The highest BCUT2D eigenvalue weighted by atomic mass is 32.1. The van der Waals surface area contributed by atoms with E-state index in [2.05, 4.69) is 43.4 Å². The third-order valence-corrected chi connectivity index (χ3v) is 6.95. The lowest BCUT2D eigenvalue weighted by molar-refractivity contribution is -0.119. The summed E-state index contributed by atoms with van der Waals surface area (Å²) in [4.78, 5) is 18.7. The van der Waals surface area contributed by atoms with E-state index in [-0.39, 0.29) is 24.6 Å². The summed E-state index contributed by atoms with van der Waals surface area (Å²) in [5.41, 5.74) is 3.87. The Balaban J connectivity index is 1.51. The van der Waals surface area contributed by atoms with Gasteiger partial charge in [-0.3, -0.25) is 9.78 Å². The lowest BCUT2D eigenvalue weighted by Gasteiger charge is -2.30. The number of amides is 1. The molecule has 2 fully saturated rings. The summed E-state index contributed by atoms with van der Waals surface area (Å²) >= 11 is 5.86. The normalized spacial score (nSPS) is 20.5. The second kappa shape index (κ2) is 9.95. The van der Waals surface area contributed by atoms with E-state index in [4.69, 9.17) is 17.0 Å². The molecule has 1 aliphatic heterocycles. The van der Waals surface area contributed by atoms with Crippen molar-refractivity contribution < 1.29 is 9.53 Å². The number of benzene rings is 1. The first-order valence-electron chi connectivity index (χ1n) is 11.7. The number of carbonyl (C=O) groups is 1. The van der Waals surface area contributed by atoms with Crippen LogP contribution in [0.3, 0.4) is 0 Å². The Hall–Kier alpha value is -3.23. The topological polar surface area (TPSA) is 71.4 Å². The highest BCUT2D eigenvalue weighted by Gasteiger charge is 2.42. The van der Waals surface area contributed by atoms with Gasteiger partial charge in [0.15, 0.2) is 5.11 Å². The molecule has 1 amide bonds. The van der Waals surface area contributed by atoms with Crippen molar-refractivity contribution >= 4 is 34.6 Å². The molecule has 2 atom stereocenters. The minimum absolute atomic E-state index is 0.0217. The van der Waals surface area contributed by atoms with Crippen LogP contribution in [0, 0.1) is 0 Å². The van der Waals surface area contributed by atoms with Crippen LogP contribution in [0.15, 0.2) is 67.0 Å². The van der Waals surface area contributed by atoms with Gasteiger partial charge in [0.2, 0.25) is 5.91 Å². The van der Waals surface area contributed by atoms with Crippen LogP contribution in [-0.4, -0.2) is 34.3 Å². The number of pyridine rings is 1. The number of thiocarbonyl (C=S) groups is 1. The van der Waals surface area contributed by atoms with Gasteiger partial charge < -0.3 is 24.8 Å². The largest absolute Gasteiger partial charge is 0.375 e. The minimum Gasteiger partial charge on any atom is -0.375 e. The maximum atomic E-state index is 11.9. The summed E-state index contributed by atoms with van der Waals surface area (Å²) in [5, 5.41) is 7.04. The zero-order chi connectivity index (χ0) is 23.5. The Morgan fingerprint density at radius 1 is 1.15 bits per heavy atom. The van der Waals surface area contributed by atoms with Crippen molar-refractivity contribution in [1.82, 2.24) is 14.9 Å². The lowest BCUT2D eigenvalue weighted by Crippen LogP contribution is -2.30. The minimum atomic E-state index is -0.184. The Kier molecular flexibility index (Phi) is 6.60. The number of hydrogen-bond donors (Lipinski definition) is 2. The molecule has 8 heteroatoms. The maximum absolute atomic E-state index is 11.9. The second-order valence-electron chi connectivity index (χ2n) is 8.80. The van der Waals surface area contributed by atoms with E-state index in [9.17, 15) is 4.79 Å². The van der Waals surface area contributed by atoms with Crippen molar-refractivity contribution in [3.63, 3.8) is 0 Å². The number of aromatic nitrogens is 2. The number of methoxy groups -OCH3 is 1. The van der Waals surface area contributed by atoms with E-state index in [1.807, 2.05) is 48.7 Å². The summed E-state index contributed by atoms with van der Waals surface area (Å²) in [6.45, 7) is 0.0217. The van der Waals surface area contributed by atoms with Gasteiger partial charge in [-0.1, -0.05) is 18.9 Å². The standard InChI is InChI=1S/C26H29N5O2S/c1-33-17-23(32)28-18-11-13-20(14-12-18)31-25(22-10-6-16-30(22)19-7-2-3-8-19)24(29-26(31)34)21-9-4-5-15-27-21/h4-6,9-16,19,24-25H,2-3,7-8,17H2,1H3,(H,28,32)(H,29,34)/t24-,25+/m1/s1. The molecule has 5 rings (SSSR count). The Bertz CT molecular complexity index is 1140. The van der Waals surface area contributed by atoms with Gasteiger partial charge in [-0.25, -0.2) is 0 Å². The summed E-state index contributed by atoms with van der Waals surface area (Å²) in [6.07, 6.45) is 8.98. The van der Waals surface area contributed by atoms with Crippen molar-refractivity contribution in [3.8, 4) is 0 Å². The molecule has 34 heavy (non-hydrogen) atoms. The number of anilines is 2. The molecule has 7 nitrogen and oxygen atoms in total. The van der Waals surface area contributed by atoms with E-state index in [0.717, 1.165) is 17.1 Å². The molecular weight excluding hydrogens is 446 g/mol. The lowest BCUT2D eigenvalue weighted by atomic mass is 10.00. The van der Waals surface area contributed by atoms with E-state index >= 15 is 0 Å². The van der Waals surface area contributed by atoms with Crippen LogP contribution in [0.1, 0.15) is 55.2 Å². The highest BCUT2D eigenvalue weighted by Crippen LogP contribution is 2.43. The fourth-order valence-electron chi connectivity index (χ4n) is 5.14. The van der Waals surface area contributed by atoms with Gasteiger partial charge in [0.25, 0.3) is 0 Å². The van der Waals surface area contributed by atoms with Crippen LogP contribution in [0.4, 0.5) is 11.4 Å². The smallest absolute Gasteiger partial charge is 0.250 e. The third kappa shape index (κ3) is 4.43. The summed E-state index contributed by atoms with van der Waals surface area (Å²) in [6, 6.07) is 18.5. The van der Waals surface area contributed by atoms with Crippen molar-refractivity contribution in [2.75, 3.05) is 23.9 Å². The number of hydrogen-bond acceptors (Lipinski definition) is 4. The molecule has 0 radical (unpaired) electrons. The molecule has 1 aliphatic carbocycles. The van der Waals surface area contributed by atoms with Crippen LogP contribution < -0.4 is 15.5 Å². The SMILES string of the molecule is COCC(=O)Nc1ccc(N2C(=S)N[C@H](c3ccccn3)[C@@H]2c2cccn2C2CCCC2)cc1. The predicted molar refractivity (Wildman–Crippen MR) is 137 cm³/mol. The van der Waals surface area contributed by atoms with Gasteiger partial charge in [0.1, 0.15) is 12.6 Å². The van der Waals surface area contributed by atoms with Gasteiger partial charge in [0.05, 0.1) is 11.7 Å². The van der Waals surface area contributed by atoms with Crippen molar-refractivity contribution in [3.05, 3.63) is 78.4 Å². The summed E-state index contributed by atoms with van der Waals surface area (Å²) in [7, 11) is 1.50. The van der Waals surface area contributed by atoms with Gasteiger partial charge in [-0.05, 0) is 73.6 Å². The van der Waals surface area contributed by atoms with Gasteiger partial charge in [-0.15, -0.1) is 0 Å². The molecule has 2 aliphatic rings.